The van der Waals surface area contributed by atoms with Crippen molar-refractivity contribution >= 4 is 17.0 Å². The number of nitrogen functional groups attached to an aromatic ring is 1. The normalized spacial score (nSPS) is 11.1. The Labute approximate surface area is 98.5 Å². The highest BCUT2D eigenvalue weighted by Crippen LogP contribution is 2.18. The molecule has 0 amide bonds. The van der Waals surface area contributed by atoms with Crippen LogP contribution in [0.4, 0.5) is 5.95 Å². The van der Waals surface area contributed by atoms with Crippen molar-refractivity contribution in [2.75, 3.05) is 5.73 Å². The lowest BCUT2D eigenvalue weighted by Gasteiger charge is -2.03. The van der Waals surface area contributed by atoms with Crippen LogP contribution in [-0.2, 0) is 13.6 Å². The number of imidazole rings is 1. The van der Waals surface area contributed by atoms with E-state index in [1.807, 2.05) is 48.1 Å². The van der Waals surface area contributed by atoms with E-state index in [0.29, 0.717) is 12.5 Å². The molecule has 2 aromatic heterocycles. The van der Waals surface area contributed by atoms with Crippen LogP contribution >= 0.6 is 0 Å². The van der Waals surface area contributed by atoms with Gasteiger partial charge in [-0.05, 0) is 18.2 Å². The predicted molar refractivity (Wildman–Crippen MR) is 66.5 cm³/mol. The van der Waals surface area contributed by atoms with Gasteiger partial charge in [0.1, 0.15) is 0 Å². The fourth-order valence-corrected chi connectivity index (χ4v) is 1.97. The van der Waals surface area contributed by atoms with Gasteiger partial charge in [-0.3, -0.25) is 4.68 Å². The molecule has 0 saturated heterocycles. The van der Waals surface area contributed by atoms with Gasteiger partial charge in [-0.25, -0.2) is 4.98 Å². The number of hydrogen-bond acceptors (Lipinski definition) is 3. The number of para-hydroxylation sites is 2. The molecule has 86 valence electrons. The third-order valence-corrected chi connectivity index (χ3v) is 2.77. The van der Waals surface area contributed by atoms with E-state index in [2.05, 4.69) is 10.1 Å². The SMILES string of the molecule is Cn1ccc(Cn2c(N)nc3ccccc32)n1. The maximum Gasteiger partial charge on any atom is 0.201 e. The summed E-state index contributed by atoms with van der Waals surface area (Å²) in [6.07, 6.45) is 1.92. The average Bonchev–Trinajstić information content (AvgIpc) is 2.85. The Morgan fingerprint density at radius 1 is 1.24 bits per heavy atom. The number of nitrogens with two attached hydrogens (primary N) is 1. The van der Waals surface area contributed by atoms with Crippen LogP contribution in [0.15, 0.2) is 36.5 Å². The predicted octanol–water partition coefficient (Wildman–Crippen LogP) is 1.40. The summed E-state index contributed by atoms with van der Waals surface area (Å²) >= 11 is 0. The molecule has 0 spiro atoms. The number of aryl methyl sites for hydroxylation is 1. The van der Waals surface area contributed by atoms with Crippen molar-refractivity contribution in [3.8, 4) is 0 Å². The van der Waals surface area contributed by atoms with Crippen LogP contribution in [0.3, 0.4) is 0 Å². The number of rotatable bonds is 2. The number of nitrogens with zero attached hydrogens (tertiary/aromatic N) is 4. The first-order chi connectivity index (χ1) is 8.24. The first kappa shape index (κ1) is 9.89. The molecule has 3 aromatic rings. The standard InChI is InChI=1S/C12H13N5/c1-16-7-6-9(15-16)8-17-11-5-3-2-4-10(11)14-12(17)13/h2-7H,8H2,1H3,(H2,13,14). The summed E-state index contributed by atoms with van der Waals surface area (Å²) in [5.74, 6) is 0.525. The molecule has 0 saturated carbocycles. The minimum Gasteiger partial charge on any atom is -0.369 e. The Hall–Kier alpha value is -2.30. The lowest BCUT2D eigenvalue weighted by Crippen LogP contribution is -2.05. The summed E-state index contributed by atoms with van der Waals surface area (Å²) in [6, 6.07) is 9.90. The first-order valence-electron chi connectivity index (χ1n) is 5.43. The van der Waals surface area contributed by atoms with Gasteiger partial charge in [0.15, 0.2) is 0 Å². The van der Waals surface area contributed by atoms with E-state index in [1.54, 1.807) is 4.68 Å². The van der Waals surface area contributed by atoms with Crippen LogP contribution in [-0.4, -0.2) is 19.3 Å². The molecule has 5 nitrogen and oxygen atoms in total. The van der Waals surface area contributed by atoms with Crippen LogP contribution in [0, 0.1) is 0 Å². The minimum absolute atomic E-state index is 0.525. The fourth-order valence-electron chi connectivity index (χ4n) is 1.97. The molecule has 17 heavy (non-hydrogen) atoms. The summed E-state index contributed by atoms with van der Waals surface area (Å²) in [5, 5.41) is 4.35. The van der Waals surface area contributed by atoms with Gasteiger partial charge < -0.3 is 10.3 Å². The second-order valence-corrected chi connectivity index (χ2v) is 4.03. The molecule has 0 fully saturated rings. The molecule has 5 heteroatoms. The highest BCUT2D eigenvalue weighted by Gasteiger charge is 2.08. The van der Waals surface area contributed by atoms with Gasteiger partial charge in [0.05, 0.1) is 23.3 Å². The molecular weight excluding hydrogens is 214 g/mol. The van der Waals surface area contributed by atoms with Crippen LogP contribution in [0.2, 0.25) is 0 Å². The Kier molecular flexibility index (Phi) is 2.11. The molecule has 0 aliphatic rings. The highest BCUT2D eigenvalue weighted by molar-refractivity contribution is 5.78. The monoisotopic (exact) mass is 227 g/mol. The quantitative estimate of drug-likeness (QED) is 0.719. The Morgan fingerprint density at radius 2 is 2.06 bits per heavy atom. The molecule has 0 aliphatic carbocycles. The van der Waals surface area contributed by atoms with Gasteiger partial charge in [0.2, 0.25) is 5.95 Å². The molecule has 3 rings (SSSR count). The number of benzene rings is 1. The number of aromatic nitrogens is 4. The van der Waals surface area contributed by atoms with Crippen molar-refractivity contribution in [1.82, 2.24) is 19.3 Å². The van der Waals surface area contributed by atoms with Gasteiger partial charge in [-0.1, -0.05) is 12.1 Å². The van der Waals surface area contributed by atoms with Crippen molar-refractivity contribution in [3.05, 3.63) is 42.2 Å². The van der Waals surface area contributed by atoms with Crippen molar-refractivity contribution < 1.29 is 0 Å². The summed E-state index contributed by atoms with van der Waals surface area (Å²) in [6.45, 7) is 0.646. The average molecular weight is 227 g/mol. The van der Waals surface area contributed by atoms with Crippen molar-refractivity contribution in [2.24, 2.45) is 7.05 Å². The van der Waals surface area contributed by atoms with Gasteiger partial charge in [-0.15, -0.1) is 0 Å². The lowest BCUT2D eigenvalue weighted by molar-refractivity contribution is 0.717. The summed E-state index contributed by atoms with van der Waals surface area (Å²) in [5.41, 5.74) is 8.85. The highest BCUT2D eigenvalue weighted by atomic mass is 15.3. The molecule has 2 N–H and O–H groups in total. The van der Waals surface area contributed by atoms with Gasteiger partial charge in [-0.2, -0.15) is 5.10 Å². The fraction of sp³-hybridized carbons (Fsp3) is 0.167. The molecule has 1 aromatic carbocycles. The summed E-state index contributed by atoms with van der Waals surface area (Å²) in [4.78, 5) is 4.32. The first-order valence-corrected chi connectivity index (χ1v) is 5.43. The van der Waals surface area contributed by atoms with Crippen molar-refractivity contribution in [3.63, 3.8) is 0 Å². The van der Waals surface area contributed by atoms with Gasteiger partial charge in [0, 0.05) is 13.2 Å². The zero-order chi connectivity index (χ0) is 11.8. The second kappa shape index (κ2) is 3.62. The van der Waals surface area contributed by atoms with E-state index in [1.165, 1.54) is 0 Å². The summed E-state index contributed by atoms with van der Waals surface area (Å²) in [7, 11) is 1.90. The Bertz CT molecular complexity index is 664. The lowest BCUT2D eigenvalue weighted by atomic mass is 10.3. The maximum atomic E-state index is 5.93. The van der Waals surface area contributed by atoms with Crippen LogP contribution in [0.5, 0.6) is 0 Å². The van der Waals surface area contributed by atoms with Gasteiger partial charge in [0.25, 0.3) is 0 Å². The van der Waals surface area contributed by atoms with Crippen LogP contribution < -0.4 is 5.73 Å². The van der Waals surface area contributed by atoms with Crippen LogP contribution in [0.1, 0.15) is 5.69 Å². The zero-order valence-corrected chi connectivity index (χ0v) is 9.54. The van der Waals surface area contributed by atoms with E-state index in [0.717, 1.165) is 16.7 Å². The summed E-state index contributed by atoms with van der Waals surface area (Å²) < 4.78 is 3.75. The zero-order valence-electron chi connectivity index (χ0n) is 9.54. The van der Waals surface area contributed by atoms with E-state index in [4.69, 9.17) is 5.73 Å². The van der Waals surface area contributed by atoms with E-state index < -0.39 is 0 Å². The molecule has 0 unspecified atom stereocenters. The molecular formula is C12H13N5. The van der Waals surface area contributed by atoms with Crippen molar-refractivity contribution in [2.45, 2.75) is 6.54 Å². The molecule has 2 heterocycles. The molecule has 0 aliphatic heterocycles. The van der Waals surface area contributed by atoms with E-state index in [-0.39, 0.29) is 0 Å². The van der Waals surface area contributed by atoms with Gasteiger partial charge >= 0.3 is 0 Å². The number of anilines is 1. The topological polar surface area (TPSA) is 61.7 Å². The second-order valence-electron chi connectivity index (χ2n) is 4.03. The van der Waals surface area contributed by atoms with Crippen LogP contribution in [0.25, 0.3) is 11.0 Å². The number of hydrogen-bond donors (Lipinski definition) is 1. The Morgan fingerprint density at radius 3 is 2.82 bits per heavy atom. The molecule has 0 atom stereocenters. The third kappa shape index (κ3) is 1.65. The third-order valence-electron chi connectivity index (χ3n) is 2.77. The van der Waals surface area contributed by atoms with E-state index >= 15 is 0 Å². The Balaban J connectivity index is 2.08. The largest absolute Gasteiger partial charge is 0.369 e. The maximum absolute atomic E-state index is 5.93. The molecule has 0 bridgehead atoms. The smallest absolute Gasteiger partial charge is 0.201 e. The van der Waals surface area contributed by atoms with E-state index in [9.17, 15) is 0 Å². The molecule has 0 radical (unpaired) electrons. The number of fused-ring (bicyclic) bond motifs is 1. The minimum atomic E-state index is 0.525. The van der Waals surface area contributed by atoms with Crippen molar-refractivity contribution in [1.29, 1.82) is 0 Å².